The molecule has 32 heavy (non-hydrogen) atoms. The van der Waals surface area contributed by atoms with Crippen LogP contribution in [0.1, 0.15) is 37.9 Å². The number of ether oxygens (including phenoxy) is 1. The molecule has 1 atom stereocenters. The Hall–Kier alpha value is -3.26. The average Bonchev–Trinajstić information content (AvgIpc) is 3.20. The molecule has 0 spiro atoms. The predicted molar refractivity (Wildman–Crippen MR) is 128 cm³/mol. The fourth-order valence-corrected chi connectivity index (χ4v) is 4.35. The number of para-hydroxylation sites is 2. The number of rotatable bonds is 7. The molecule has 0 fully saturated rings. The summed E-state index contributed by atoms with van der Waals surface area (Å²) >= 11 is 1.57. The van der Waals surface area contributed by atoms with Crippen molar-refractivity contribution in [3.63, 3.8) is 0 Å². The maximum absolute atomic E-state index is 13.6. The minimum atomic E-state index is -0.398. The third kappa shape index (κ3) is 4.23. The average molecular weight is 450 g/mol. The Morgan fingerprint density at radius 1 is 1.19 bits per heavy atom. The van der Waals surface area contributed by atoms with Crippen LogP contribution in [0.5, 0.6) is 5.75 Å². The lowest BCUT2D eigenvalue weighted by Gasteiger charge is -2.29. The topological polar surface area (TPSA) is 81.1 Å². The van der Waals surface area contributed by atoms with E-state index in [-0.39, 0.29) is 5.91 Å². The highest BCUT2D eigenvalue weighted by Gasteiger charge is 2.34. The molecule has 0 radical (unpaired) electrons. The lowest BCUT2D eigenvalue weighted by Crippen LogP contribution is -2.31. The van der Waals surface area contributed by atoms with Crippen LogP contribution >= 0.6 is 11.8 Å². The van der Waals surface area contributed by atoms with Crippen molar-refractivity contribution in [1.29, 1.82) is 0 Å². The highest BCUT2D eigenvalue weighted by molar-refractivity contribution is 7.99. The Bertz CT molecular complexity index is 1150. The fourth-order valence-electron chi connectivity index (χ4n) is 3.80. The van der Waals surface area contributed by atoms with Crippen LogP contribution < -0.4 is 15.4 Å². The molecule has 7 nitrogen and oxygen atoms in total. The van der Waals surface area contributed by atoms with Gasteiger partial charge in [0.15, 0.2) is 0 Å². The quantitative estimate of drug-likeness (QED) is 0.500. The van der Waals surface area contributed by atoms with E-state index in [0.717, 1.165) is 23.4 Å². The number of thioether (sulfide) groups is 1. The zero-order valence-corrected chi connectivity index (χ0v) is 19.5. The summed E-state index contributed by atoms with van der Waals surface area (Å²) in [6, 6.07) is 15.3. The molecule has 3 aromatic rings. The van der Waals surface area contributed by atoms with E-state index in [1.54, 1.807) is 18.9 Å². The number of anilines is 2. The van der Waals surface area contributed by atoms with Gasteiger partial charge in [0.1, 0.15) is 11.8 Å². The van der Waals surface area contributed by atoms with E-state index >= 15 is 0 Å². The number of nitrogens with zero attached hydrogens (tertiary/aromatic N) is 3. The second-order valence-corrected chi connectivity index (χ2v) is 8.64. The van der Waals surface area contributed by atoms with Crippen LogP contribution in [0.25, 0.3) is 0 Å². The van der Waals surface area contributed by atoms with E-state index < -0.39 is 6.04 Å². The molecule has 1 aromatic heterocycles. The fraction of sp³-hybridized carbons (Fsp3) is 0.292. The van der Waals surface area contributed by atoms with Gasteiger partial charge < -0.3 is 15.4 Å². The molecule has 166 valence electrons. The van der Waals surface area contributed by atoms with E-state index in [1.807, 2.05) is 35.9 Å². The number of benzene rings is 2. The van der Waals surface area contributed by atoms with Gasteiger partial charge in [-0.1, -0.05) is 62.0 Å². The van der Waals surface area contributed by atoms with Crippen molar-refractivity contribution < 1.29 is 9.53 Å². The Morgan fingerprint density at radius 3 is 2.62 bits per heavy atom. The number of aryl methyl sites for hydroxylation is 1. The number of carbonyl (C=O) groups is 1. The molecule has 1 aliphatic heterocycles. The van der Waals surface area contributed by atoms with Crippen LogP contribution in [0, 0.1) is 0 Å². The summed E-state index contributed by atoms with van der Waals surface area (Å²) in [6.45, 7) is 6.09. The van der Waals surface area contributed by atoms with Gasteiger partial charge in [0.05, 0.1) is 18.4 Å². The SMILES string of the molecule is CCSc1nc2n(n1)[C@H](c1ccc(CC)cc1)C(C(=O)Nc1ccccc1OC)=C(C)N2. The zero-order chi connectivity index (χ0) is 22.7. The molecular weight excluding hydrogens is 422 g/mol. The lowest BCUT2D eigenvalue weighted by molar-refractivity contribution is -0.113. The largest absolute Gasteiger partial charge is 0.495 e. The molecule has 8 heteroatoms. The highest BCUT2D eigenvalue weighted by Crippen LogP contribution is 2.37. The van der Waals surface area contributed by atoms with Crippen LogP contribution in [-0.4, -0.2) is 33.5 Å². The van der Waals surface area contributed by atoms with Gasteiger partial charge in [0.2, 0.25) is 11.1 Å². The number of hydrogen-bond donors (Lipinski definition) is 2. The van der Waals surface area contributed by atoms with E-state index in [0.29, 0.717) is 28.1 Å². The van der Waals surface area contributed by atoms with Crippen LogP contribution in [0.3, 0.4) is 0 Å². The number of methoxy groups -OCH3 is 1. The first-order valence-corrected chi connectivity index (χ1v) is 11.6. The monoisotopic (exact) mass is 449 g/mol. The summed E-state index contributed by atoms with van der Waals surface area (Å²) in [5, 5.41) is 11.7. The number of carbonyl (C=O) groups excluding carboxylic acids is 1. The number of hydrogen-bond acceptors (Lipinski definition) is 6. The van der Waals surface area contributed by atoms with Gasteiger partial charge in [-0.2, -0.15) is 4.98 Å². The first-order chi connectivity index (χ1) is 15.5. The van der Waals surface area contributed by atoms with Crippen LogP contribution in [-0.2, 0) is 11.2 Å². The highest BCUT2D eigenvalue weighted by atomic mass is 32.2. The molecular formula is C24H27N5O2S. The molecule has 0 aliphatic carbocycles. The molecule has 2 aromatic carbocycles. The van der Waals surface area contributed by atoms with Crippen molar-refractivity contribution in [3.05, 3.63) is 70.9 Å². The molecule has 1 aliphatic rings. The number of allylic oxidation sites excluding steroid dienone is 1. The van der Waals surface area contributed by atoms with Crippen molar-refractivity contribution >= 4 is 29.3 Å². The van der Waals surface area contributed by atoms with Crippen LogP contribution in [0.2, 0.25) is 0 Å². The maximum atomic E-state index is 13.6. The first kappa shape index (κ1) is 22.0. The van der Waals surface area contributed by atoms with Crippen LogP contribution in [0.4, 0.5) is 11.6 Å². The number of amides is 1. The number of nitrogens with one attached hydrogen (secondary N) is 2. The van der Waals surface area contributed by atoms with E-state index in [1.165, 1.54) is 5.56 Å². The Labute approximate surface area is 192 Å². The molecule has 0 saturated carbocycles. The van der Waals surface area contributed by atoms with E-state index in [2.05, 4.69) is 53.7 Å². The smallest absolute Gasteiger partial charge is 0.255 e. The zero-order valence-electron chi connectivity index (χ0n) is 18.7. The Balaban J connectivity index is 1.77. The molecule has 0 saturated heterocycles. The molecule has 0 bridgehead atoms. The third-order valence-corrected chi connectivity index (χ3v) is 6.13. The minimum absolute atomic E-state index is 0.213. The summed E-state index contributed by atoms with van der Waals surface area (Å²) in [7, 11) is 1.59. The van der Waals surface area contributed by atoms with E-state index in [4.69, 9.17) is 9.84 Å². The number of aromatic nitrogens is 3. The van der Waals surface area contributed by atoms with Gasteiger partial charge in [-0.3, -0.25) is 4.79 Å². The maximum Gasteiger partial charge on any atom is 0.255 e. The summed E-state index contributed by atoms with van der Waals surface area (Å²) in [5.74, 6) is 1.90. The van der Waals surface area contributed by atoms with Crippen LogP contribution in [0.15, 0.2) is 65.0 Å². The predicted octanol–water partition coefficient (Wildman–Crippen LogP) is 4.89. The summed E-state index contributed by atoms with van der Waals surface area (Å²) in [4.78, 5) is 18.2. The standard InChI is InChI=1S/C24H27N5O2S/c1-5-16-11-13-17(14-12-16)21-20(22(30)26-18-9-7-8-10-19(18)31-4)15(3)25-23-27-24(32-6-2)28-29(21)23/h7-14,21H,5-6H2,1-4H3,(H,26,30)(H,25,27,28)/t21-/m1/s1. The van der Waals surface area contributed by atoms with Crippen molar-refractivity contribution in [2.75, 3.05) is 23.5 Å². The summed E-state index contributed by atoms with van der Waals surface area (Å²) in [6.07, 6.45) is 0.953. The second kappa shape index (κ2) is 9.48. The molecule has 0 unspecified atom stereocenters. The van der Waals surface area contributed by atoms with Crippen molar-refractivity contribution in [3.8, 4) is 5.75 Å². The lowest BCUT2D eigenvalue weighted by atomic mass is 9.94. The second-order valence-electron chi connectivity index (χ2n) is 7.41. The third-order valence-electron chi connectivity index (χ3n) is 5.41. The van der Waals surface area contributed by atoms with E-state index in [9.17, 15) is 4.79 Å². The van der Waals surface area contributed by atoms with Gasteiger partial charge >= 0.3 is 0 Å². The first-order valence-electron chi connectivity index (χ1n) is 10.7. The molecule has 1 amide bonds. The van der Waals surface area contributed by atoms with Crippen molar-refractivity contribution in [2.45, 2.75) is 38.4 Å². The summed E-state index contributed by atoms with van der Waals surface area (Å²) in [5.41, 5.74) is 4.17. The molecule has 2 N–H and O–H groups in total. The molecule has 2 heterocycles. The van der Waals surface area contributed by atoms with Crippen molar-refractivity contribution in [2.24, 2.45) is 0 Å². The van der Waals surface area contributed by atoms with Gasteiger partial charge in [-0.25, -0.2) is 4.68 Å². The minimum Gasteiger partial charge on any atom is -0.495 e. The van der Waals surface area contributed by atoms with Gasteiger partial charge in [0, 0.05) is 5.70 Å². The van der Waals surface area contributed by atoms with Crippen molar-refractivity contribution in [1.82, 2.24) is 14.8 Å². The van der Waals surface area contributed by atoms with Gasteiger partial charge in [0.25, 0.3) is 5.91 Å². The summed E-state index contributed by atoms with van der Waals surface area (Å²) < 4.78 is 7.22. The molecule has 4 rings (SSSR count). The Kier molecular flexibility index (Phi) is 6.50. The van der Waals surface area contributed by atoms with Gasteiger partial charge in [-0.15, -0.1) is 5.10 Å². The number of fused-ring (bicyclic) bond motifs is 1. The normalized spacial score (nSPS) is 15.2. The Morgan fingerprint density at radius 2 is 1.94 bits per heavy atom. The van der Waals surface area contributed by atoms with Gasteiger partial charge in [-0.05, 0) is 42.4 Å².